The third-order valence-electron chi connectivity index (χ3n) is 5.51. The Morgan fingerprint density at radius 2 is 1.79 bits per heavy atom. The average Bonchev–Trinajstić information content (AvgIpc) is 2.73. The summed E-state index contributed by atoms with van der Waals surface area (Å²) in [5, 5.41) is 0.541. The van der Waals surface area contributed by atoms with Gasteiger partial charge in [-0.2, -0.15) is 0 Å². The first kappa shape index (κ1) is 19.4. The van der Waals surface area contributed by atoms with Gasteiger partial charge < -0.3 is 4.74 Å². The van der Waals surface area contributed by atoms with Crippen molar-refractivity contribution < 1.29 is 19.1 Å². The molecule has 0 N–H and O–H groups in total. The maximum atomic E-state index is 13.3. The highest BCUT2D eigenvalue weighted by Gasteiger charge is 2.41. The van der Waals surface area contributed by atoms with Gasteiger partial charge in [-0.1, -0.05) is 41.9 Å². The van der Waals surface area contributed by atoms with Gasteiger partial charge in [0.25, 0.3) is 0 Å². The highest BCUT2D eigenvalue weighted by atomic mass is 35.5. The molecule has 0 saturated carbocycles. The Balaban J connectivity index is 1.91. The minimum absolute atomic E-state index is 0.0317. The minimum atomic E-state index is -0.522. The molecule has 29 heavy (non-hydrogen) atoms. The van der Waals surface area contributed by atoms with Crippen LogP contribution in [0, 0.1) is 0 Å². The normalized spacial score (nSPS) is 19.2. The fourth-order valence-corrected chi connectivity index (χ4v) is 4.51. The molecule has 1 heterocycles. The Morgan fingerprint density at radius 3 is 2.55 bits per heavy atom. The van der Waals surface area contributed by atoms with Crippen molar-refractivity contribution in [3.05, 3.63) is 76.0 Å². The molecule has 148 valence electrons. The Hall–Kier alpha value is -2.92. The number of methoxy groups -OCH3 is 1. The molecule has 1 aliphatic carbocycles. The van der Waals surface area contributed by atoms with E-state index in [9.17, 15) is 14.4 Å². The van der Waals surface area contributed by atoms with Crippen LogP contribution in [0.25, 0.3) is 0 Å². The lowest BCUT2D eigenvalue weighted by atomic mass is 9.77. The van der Waals surface area contributed by atoms with Gasteiger partial charge in [0.2, 0.25) is 5.91 Å². The molecule has 2 aromatic carbocycles. The van der Waals surface area contributed by atoms with E-state index >= 15 is 0 Å². The molecule has 1 aliphatic heterocycles. The number of ketones is 1. The van der Waals surface area contributed by atoms with Crippen LogP contribution in [-0.2, 0) is 14.3 Å². The Morgan fingerprint density at radius 1 is 1.07 bits per heavy atom. The molecule has 2 aromatic rings. The summed E-state index contributed by atoms with van der Waals surface area (Å²) in [7, 11) is 1.30. The summed E-state index contributed by atoms with van der Waals surface area (Å²) < 4.78 is 4.89. The highest BCUT2D eigenvalue weighted by Crippen LogP contribution is 2.45. The summed E-state index contributed by atoms with van der Waals surface area (Å²) in [6.07, 6.45) is 1.81. The zero-order valence-electron chi connectivity index (χ0n) is 16.0. The zero-order chi connectivity index (χ0) is 20.5. The number of carbonyl (C=O) groups is 3. The largest absolute Gasteiger partial charge is 0.465 e. The van der Waals surface area contributed by atoms with Gasteiger partial charge in [-0.3, -0.25) is 14.5 Å². The van der Waals surface area contributed by atoms with Gasteiger partial charge in [0.05, 0.1) is 18.4 Å². The lowest BCUT2D eigenvalue weighted by molar-refractivity contribution is -0.119. The molecular weight excluding hydrogens is 390 g/mol. The number of rotatable bonds is 3. The van der Waals surface area contributed by atoms with Crippen LogP contribution in [-0.4, -0.2) is 24.8 Å². The summed E-state index contributed by atoms with van der Waals surface area (Å²) in [6, 6.07) is 14.1. The van der Waals surface area contributed by atoms with Crippen molar-refractivity contribution in [2.24, 2.45) is 0 Å². The van der Waals surface area contributed by atoms with Crippen molar-refractivity contribution in [2.45, 2.75) is 31.6 Å². The second-order valence-electron chi connectivity index (χ2n) is 7.15. The number of ether oxygens (including phenoxy) is 1. The third kappa shape index (κ3) is 3.36. The smallest absolute Gasteiger partial charge is 0.339 e. The van der Waals surface area contributed by atoms with Crippen molar-refractivity contribution in [2.75, 3.05) is 12.0 Å². The first-order chi connectivity index (χ1) is 14.0. The van der Waals surface area contributed by atoms with Crippen LogP contribution >= 0.6 is 11.6 Å². The topological polar surface area (TPSA) is 63.7 Å². The van der Waals surface area contributed by atoms with E-state index in [1.807, 2.05) is 18.2 Å². The SMILES string of the molecule is COC(=O)c1ccccc1N1C(=O)CC(c2ccccc2Cl)C2=C1CCCC2=O. The van der Waals surface area contributed by atoms with Crippen LogP contribution in [0.3, 0.4) is 0 Å². The van der Waals surface area contributed by atoms with E-state index in [1.165, 1.54) is 12.0 Å². The molecule has 0 fully saturated rings. The van der Waals surface area contributed by atoms with E-state index in [2.05, 4.69) is 0 Å². The second-order valence-corrected chi connectivity index (χ2v) is 7.56. The molecule has 0 bridgehead atoms. The summed E-state index contributed by atoms with van der Waals surface area (Å²) in [5.41, 5.74) is 2.82. The molecule has 5 nitrogen and oxygen atoms in total. The van der Waals surface area contributed by atoms with Crippen LogP contribution in [0.4, 0.5) is 5.69 Å². The number of para-hydroxylation sites is 1. The van der Waals surface area contributed by atoms with E-state index in [0.717, 1.165) is 5.56 Å². The molecule has 6 heteroatoms. The quantitative estimate of drug-likeness (QED) is 0.692. The predicted octanol–water partition coefficient (Wildman–Crippen LogP) is 4.65. The van der Waals surface area contributed by atoms with Crippen LogP contribution in [0.2, 0.25) is 5.02 Å². The number of hydrogen-bond acceptors (Lipinski definition) is 4. The van der Waals surface area contributed by atoms with Crippen LogP contribution in [0.1, 0.15) is 47.5 Å². The number of nitrogens with zero attached hydrogens (tertiary/aromatic N) is 1. The number of amides is 1. The van der Waals surface area contributed by atoms with E-state index in [1.54, 1.807) is 30.3 Å². The van der Waals surface area contributed by atoms with E-state index in [-0.39, 0.29) is 24.0 Å². The number of Topliss-reactive ketones (excluding diaryl/α,β-unsaturated/α-hetero) is 1. The van der Waals surface area contributed by atoms with Gasteiger partial charge in [0.15, 0.2) is 5.78 Å². The van der Waals surface area contributed by atoms with Gasteiger partial charge >= 0.3 is 5.97 Å². The van der Waals surface area contributed by atoms with Gasteiger partial charge in [-0.05, 0) is 36.6 Å². The number of allylic oxidation sites excluding steroid dienone is 2. The van der Waals surface area contributed by atoms with Crippen LogP contribution in [0.5, 0.6) is 0 Å². The Bertz CT molecular complexity index is 1040. The standard InChI is InChI=1S/C23H20ClNO4/c1-29-23(28)15-8-3-5-10-18(15)25-19-11-6-12-20(26)22(19)16(13-21(25)27)14-7-2-4-9-17(14)24/h2-5,7-10,16H,6,11-13H2,1H3. The fourth-order valence-electron chi connectivity index (χ4n) is 4.25. The van der Waals surface area contributed by atoms with E-state index in [4.69, 9.17) is 16.3 Å². The molecule has 0 aromatic heterocycles. The lowest BCUT2D eigenvalue weighted by Crippen LogP contribution is -2.41. The predicted molar refractivity (Wildman–Crippen MR) is 110 cm³/mol. The van der Waals surface area contributed by atoms with Crippen LogP contribution in [0.15, 0.2) is 59.8 Å². The van der Waals surface area contributed by atoms with Gasteiger partial charge in [-0.25, -0.2) is 4.79 Å². The molecule has 0 radical (unpaired) electrons. The molecule has 0 saturated heterocycles. The first-order valence-corrected chi connectivity index (χ1v) is 9.91. The van der Waals surface area contributed by atoms with Crippen molar-refractivity contribution in [1.29, 1.82) is 0 Å². The molecule has 4 rings (SSSR count). The molecule has 2 aliphatic rings. The van der Waals surface area contributed by atoms with Crippen molar-refractivity contribution in [3.8, 4) is 0 Å². The maximum absolute atomic E-state index is 13.3. The number of benzene rings is 2. The van der Waals surface area contributed by atoms with Gasteiger partial charge in [0, 0.05) is 35.1 Å². The molecule has 1 amide bonds. The third-order valence-corrected chi connectivity index (χ3v) is 5.85. The number of anilines is 1. The van der Waals surface area contributed by atoms with Crippen molar-refractivity contribution >= 4 is 34.9 Å². The maximum Gasteiger partial charge on any atom is 0.339 e. The zero-order valence-corrected chi connectivity index (χ0v) is 16.7. The number of carbonyl (C=O) groups excluding carboxylic acids is 3. The monoisotopic (exact) mass is 409 g/mol. The van der Waals surface area contributed by atoms with Crippen molar-refractivity contribution in [1.82, 2.24) is 0 Å². The lowest BCUT2D eigenvalue weighted by Gasteiger charge is -2.39. The van der Waals surface area contributed by atoms with Gasteiger partial charge in [-0.15, -0.1) is 0 Å². The average molecular weight is 410 g/mol. The van der Waals surface area contributed by atoms with E-state index < -0.39 is 5.97 Å². The molecule has 0 spiro atoms. The summed E-state index contributed by atoms with van der Waals surface area (Å²) >= 11 is 6.40. The Kier molecular flexibility index (Phi) is 5.24. The summed E-state index contributed by atoms with van der Waals surface area (Å²) in [6.45, 7) is 0. The van der Waals surface area contributed by atoms with Crippen LogP contribution < -0.4 is 4.90 Å². The Labute approximate surface area is 173 Å². The number of hydrogen-bond donors (Lipinski definition) is 0. The number of esters is 1. The minimum Gasteiger partial charge on any atom is -0.465 e. The summed E-state index contributed by atoms with van der Waals surface area (Å²) in [5.74, 6) is -1.03. The highest BCUT2D eigenvalue weighted by molar-refractivity contribution is 6.31. The van der Waals surface area contributed by atoms with E-state index in [0.29, 0.717) is 46.8 Å². The second kappa shape index (κ2) is 7.84. The number of halogens is 1. The fraction of sp³-hybridized carbons (Fsp3) is 0.261. The molecule has 1 atom stereocenters. The van der Waals surface area contributed by atoms with Gasteiger partial charge in [0.1, 0.15) is 0 Å². The molecule has 1 unspecified atom stereocenters. The first-order valence-electron chi connectivity index (χ1n) is 9.54. The van der Waals surface area contributed by atoms with Crippen molar-refractivity contribution in [3.63, 3.8) is 0 Å². The molecular formula is C23H20ClNO4. The summed E-state index contributed by atoms with van der Waals surface area (Å²) in [4.78, 5) is 40.1.